The Morgan fingerprint density at radius 2 is 1.87 bits per heavy atom. The Labute approximate surface area is 182 Å². The van der Waals surface area contributed by atoms with Crippen LogP contribution in [-0.2, 0) is 29.5 Å². The standard InChI is InChI=1S/C23H27FN4O2S/c1-18-22(26-17-25-18)15-28-21(12-11-19-7-3-2-4-8-19)14-27(31(29,30)16-24)13-20-9-5-6-10-23(20)28/h2-10,17,21H,11-16H2,1H3,(H,25,26). The number of H-pyrrole nitrogens is 1. The first-order valence-corrected chi connectivity index (χ1v) is 12.0. The zero-order valence-electron chi connectivity index (χ0n) is 17.5. The van der Waals surface area contributed by atoms with Crippen LogP contribution in [0.25, 0.3) is 0 Å². The highest BCUT2D eigenvalue weighted by molar-refractivity contribution is 7.88. The number of nitrogens with zero attached hydrogens (tertiary/aromatic N) is 3. The predicted molar refractivity (Wildman–Crippen MR) is 120 cm³/mol. The van der Waals surface area contributed by atoms with E-state index in [-0.39, 0.29) is 19.1 Å². The van der Waals surface area contributed by atoms with Crippen molar-refractivity contribution in [3.63, 3.8) is 0 Å². The molecule has 4 rings (SSSR count). The van der Waals surface area contributed by atoms with E-state index < -0.39 is 16.0 Å². The minimum atomic E-state index is -3.98. The fraction of sp³-hybridized carbons (Fsp3) is 0.348. The lowest BCUT2D eigenvalue weighted by Crippen LogP contribution is -2.44. The Bertz CT molecular complexity index is 1120. The summed E-state index contributed by atoms with van der Waals surface area (Å²) in [7, 11) is -3.98. The largest absolute Gasteiger partial charge is 0.361 e. The molecule has 6 nitrogen and oxygen atoms in total. The smallest absolute Gasteiger partial charge is 0.243 e. The zero-order valence-corrected chi connectivity index (χ0v) is 18.4. The highest BCUT2D eigenvalue weighted by Gasteiger charge is 2.33. The number of imidazole rings is 1. The first-order valence-electron chi connectivity index (χ1n) is 10.4. The fourth-order valence-corrected chi connectivity index (χ4v) is 5.01. The molecule has 164 valence electrons. The van der Waals surface area contributed by atoms with Crippen LogP contribution in [0, 0.1) is 6.92 Å². The van der Waals surface area contributed by atoms with Crippen molar-refractivity contribution in [2.24, 2.45) is 0 Å². The number of hydrogen-bond donors (Lipinski definition) is 1. The van der Waals surface area contributed by atoms with Gasteiger partial charge in [-0.2, -0.15) is 4.31 Å². The molecule has 1 atom stereocenters. The molecule has 2 heterocycles. The number of halogens is 1. The Balaban J connectivity index is 1.72. The number of nitrogens with one attached hydrogen (secondary N) is 1. The molecule has 0 bridgehead atoms. The fourth-order valence-electron chi connectivity index (χ4n) is 4.14. The molecule has 0 saturated heterocycles. The van der Waals surface area contributed by atoms with Gasteiger partial charge in [0.15, 0.2) is 0 Å². The number of rotatable bonds is 7. The molecule has 8 heteroatoms. The van der Waals surface area contributed by atoms with Crippen molar-refractivity contribution in [2.45, 2.75) is 38.9 Å². The molecule has 1 unspecified atom stereocenters. The van der Waals surface area contributed by atoms with Crippen LogP contribution in [0.4, 0.5) is 10.1 Å². The number of fused-ring (bicyclic) bond motifs is 1. The predicted octanol–water partition coefficient (Wildman–Crippen LogP) is 3.80. The average molecular weight is 443 g/mol. The van der Waals surface area contributed by atoms with Crippen LogP contribution >= 0.6 is 0 Å². The molecular weight excluding hydrogens is 415 g/mol. The minimum absolute atomic E-state index is 0.124. The monoisotopic (exact) mass is 442 g/mol. The van der Waals surface area contributed by atoms with Gasteiger partial charge in [-0.05, 0) is 37.0 Å². The molecule has 0 amide bonds. The highest BCUT2D eigenvalue weighted by atomic mass is 32.2. The van der Waals surface area contributed by atoms with Gasteiger partial charge in [0.05, 0.1) is 18.6 Å². The van der Waals surface area contributed by atoms with Crippen molar-refractivity contribution in [1.29, 1.82) is 0 Å². The molecule has 0 radical (unpaired) electrons. The van der Waals surface area contributed by atoms with Crippen LogP contribution in [0.5, 0.6) is 0 Å². The summed E-state index contributed by atoms with van der Waals surface area (Å²) in [5, 5.41) is 0. The number of aryl methyl sites for hydroxylation is 2. The number of aromatic amines is 1. The minimum Gasteiger partial charge on any atom is -0.361 e. The molecule has 2 aromatic carbocycles. The van der Waals surface area contributed by atoms with Crippen LogP contribution in [-0.4, -0.2) is 41.3 Å². The number of sulfonamides is 1. The maximum absolute atomic E-state index is 13.4. The topological polar surface area (TPSA) is 69.3 Å². The van der Waals surface area contributed by atoms with Crippen LogP contribution in [0.15, 0.2) is 60.9 Å². The molecule has 1 aliphatic rings. The number of hydrogen-bond acceptors (Lipinski definition) is 4. The van der Waals surface area contributed by atoms with Gasteiger partial charge in [0.1, 0.15) is 0 Å². The Kier molecular flexibility index (Phi) is 6.38. The van der Waals surface area contributed by atoms with E-state index in [1.807, 2.05) is 49.4 Å². The van der Waals surface area contributed by atoms with E-state index in [4.69, 9.17) is 0 Å². The van der Waals surface area contributed by atoms with Crippen molar-refractivity contribution in [2.75, 3.05) is 17.5 Å². The first kappa shape index (κ1) is 21.5. The number of anilines is 1. The summed E-state index contributed by atoms with van der Waals surface area (Å²) < 4.78 is 39.8. The second-order valence-corrected chi connectivity index (χ2v) is 9.82. The van der Waals surface area contributed by atoms with Crippen LogP contribution in [0.1, 0.15) is 28.9 Å². The molecule has 31 heavy (non-hydrogen) atoms. The van der Waals surface area contributed by atoms with E-state index in [0.29, 0.717) is 6.54 Å². The summed E-state index contributed by atoms with van der Waals surface area (Å²) in [5.41, 5.74) is 4.93. The normalized spacial score (nSPS) is 17.4. The molecule has 3 aromatic rings. The van der Waals surface area contributed by atoms with Gasteiger partial charge in [0.25, 0.3) is 0 Å². The van der Waals surface area contributed by atoms with Gasteiger partial charge < -0.3 is 9.88 Å². The lowest BCUT2D eigenvalue weighted by Gasteiger charge is -2.34. The average Bonchev–Trinajstić information content (AvgIpc) is 3.11. The van der Waals surface area contributed by atoms with E-state index in [9.17, 15) is 12.8 Å². The maximum atomic E-state index is 13.4. The number of alkyl halides is 1. The Morgan fingerprint density at radius 1 is 1.13 bits per heavy atom. The van der Waals surface area contributed by atoms with Crippen molar-refractivity contribution < 1.29 is 12.8 Å². The summed E-state index contributed by atoms with van der Waals surface area (Å²) in [6.07, 6.45) is 3.21. The van der Waals surface area contributed by atoms with Gasteiger partial charge in [-0.15, -0.1) is 0 Å². The van der Waals surface area contributed by atoms with E-state index in [2.05, 4.69) is 27.0 Å². The summed E-state index contributed by atoms with van der Waals surface area (Å²) in [4.78, 5) is 9.81. The quantitative estimate of drug-likeness (QED) is 0.604. The van der Waals surface area contributed by atoms with Gasteiger partial charge in [-0.3, -0.25) is 0 Å². The summed E-state index contributed by atoms with van der Waals surface area (Å²) in [5.74, 6) is 0. The SMILES string of the molecule is Cc1[nH]cnc1CN1c2ccccc2CN(S(=O)(=O)CF)CC1CCc1ccccc1. The van der Waals surface area contributed by atoms with Crippen molar-refractivity contribution in [3.8, 4) is 0 Å². The van der Waals surface area contributed by atoms with E-state index >= 15 is 0 Å². The van der Waals surface area contributed by atoms with Gasteiger partial charge in [0.2, 0.25) is 16.0 Å². The van der Waals surface area contributed by atoms with Gasteiger partial charge in [-0.1, -0.05) is 48.5 Å². The van der Waals surface area contributed by atoms with Crippen LogP contribution in [0.2, 0.25) is 0 Å². The van der Waals surface area contributed by atoms with Gasteiger partial charge in [0, 0.05) is 30.5 Å². The first-order chi connectivity index (χ1) is 15.0. The van der Waals surface area contributed by atoms with Crippen molar-refractivity contribution >= 4 is 15.7 Å². The van der Waals surface area contributed by atoms with Crippen LogP contribution < -0.4 is 4.90 Å². The molecule has 0 aliphatic carbocycles. The third-order valence-electron chi connectivity index (χ3n) is 5.90. The van der Waals surface area contributed by atoms with E-state index in [0.717, 1.165) is 35.5 Å². The lowest BCUT2D eigenvalue weighted by atomic mass is 10.0. The van der Waals surface area contributed by atoms with E-state index in [1.54, 1.807) is 6.33 Å². The molecule has 1 aliphatic heterocycles. The molecule has 1 N–H and O–H groups in total. The van der Waals surface area contributed by atoms with Gasteiger partial charge in [-0.25, -0.2) is 17.8 Å². The summed E-state index contributed by atoms with van der Waals surface area (Å²) in [6.45, 7) is 2.93. The van der Waals surface area contributed by atoms with Crippen LogP contribution in [0.3, 0.4) is 0 Å². The van der Waals surface area contributed by atoms with E-state index in [1.165, 1.54) is 9.87 Å². The second kappa shape index (κ2) is 9.20. The molecule has 0 saturated carbocycles. The zero-order chi connectivity index (χ0) is 21.8. The Morgan fingerprint density at radius 3 is 2.58 bits per heavy atom. The number of benzene rings is 2. The van der Waals surface area contributed by atoms with Gasteiger partial charge >= 0.3 is 0 Å². The molecule has 0 fully saturated rings. The summed E-state index contributed by atoms with van der Waals surface area (Å²) in [6, 6.07) is 16.4. The lowest BCUT2D eigenvalue weighted by molar-refractivity contribution is 0.360. The third-order valence-corrected chi connectivity index (χ3v) is 7.24. The maximum Gasteiger partial charge on any atom is 0.243 e. The van der Waals surface area contributed by atoms with Crippen molar-refractivity contribution in [1.82, 2.24) is 14.3 Å². The third kappa shape index (κ3) is 4.80. The Hall–Kier alpha value is -2.71. The second-order valence-electron chi connectivity index (χ2n) is 7.92. The molecule has 1 aromatic heterocycles. The van der Waals surface area contributed by atoms with Crippen molar-refractivity contribution in [3.05, 3.63) is 83.4 Å². The highest BCUT2D eigenvalue weighted by Crippen LogP contribution is 2.32. The summed E-state index contributed by atoms with van der Waals surface area (Å²) >= 11 is 0. The molecule has 0 spiro atoms. The number of para-hydroxylation sites is 1. The number of aromatic nitrogens is 2. The molecular formula is C23H27FN4O2S.